The molecule has 0 aliphatic rings. The van der Waals surface area contributed by atoms with Crippen LogP contribution in [0, 0.1) is 0 Å². The van der Waals surface area contributed by atoms with Crippen molar-refractivity contribution in [3.05, 3.63) is 28.8 Å². The van der Waals surface area contributed by atoms with Crippen LogP contribution in [0.3, 0.4) is 0 Å². The average molecular weight is 318 g/mol. The number of carbonyl (C=O) groups excluding carboxylic acids is 1. The van der Waals surface area contributed by atoms with Crippen molar-refractivity contribution >= 4 is 28.3 Å². The van der Waals surface area contributed by atoms with Gasteiger partial charge in [0.15, 0.2) is 0 Å². The van der Waals surface area contributed by atoms with Gasteiger partial charge in [-0.2, -0.15) is 0 Å². The molecule has 0 unspecified atom stereocenters. The van der Waals surface area contributed by atoms with E-state index >= 15 is 0 Å². The van der Waals surface area contributed by atoms with Crippen LogP contribution in [0.5, 0.6) is 5.75 Å². The highest BCUT2D eigenvalue weighted by molar-refractivity contribution is 7.84. The molecule has 0 aromatic heterocycles. The summed E-state index contributed by atoms with van der Waals surface area (Å²) in [5.41, 5.74) is 0.389. The smallest absolute Gasteiger partial charge is 0.255 e. The summed E-state index contributed by atoms with van der Waals surface area (Å²) in [6, 6.07) is 4.93. The molecular formula is C14H20ClNO3S. The molecule has 0 aliphatic heterocycles. The fraction of sp³-hybridized carbons (Fsp3) is 0.500. The Balaban J connectivity index is 2.85. The molecule has 112 valence electrons. The van der Waals surface area contributed by atoms with Crippen LogP contribution < -0.4 is 10.1 Å². The molecule has 1 aromatic rings. The zero-order valence-electron chi connectivity index (χ0n) is 12.1. The van der Waals surface area contributed by atoms with Gasteiger partial charge >= 0.3 is 0 Å². The molecule has 0 heterocycles. The maximum Gasteiger partial charge on any atom is 0.255 e. The Labute approximate surface area is 127 Å². The number of nitrogens with one attached hydrogen (secondary N) is 1. The molecule has 6 heteroatoms. The number of benzene rings is 1. The van der Waals surface area contributed by atoms with Crippen molar-refractivity contribution in [3.8, 4) is 5.75 Å². The molecule has 0 bridgehead atoms. The van der Waals surface area contributed by atoms with Crippen LogP contribution in [0.4, 0.5) is 0 Å². The van der Waals surface area contributed by atoms with Gasteiger partial charge in [-0.15, -0.1) is 0 Å². The summed E-state index contributed by atoms with van der Waals surface area (Å²) in [5, 5.41) is 3.12. The highest BCUT2D eigenvalue weighted by Gasteiger charge is 2.16. The van der Waals surface area contributed by atoms with Gasteiger partial charge in [0.25, 0.3) is 5.91 Å². The zero-order chi connectivity index (χ0) is 15.3. The predicted molar refractivity (Wildman–Crippen MR) is 83.1 cm³/mol. The van der Waals surface area contributed by atoms with E-state index in [9.17, 15) is 9.00 Å². The van der Waals surface area contributed by atoms with E-state index in [0.29, 0.717) is 22.9 Å². The number of hydrogen-bond acceptors (Lipinski definition) is 3. The van der Waals surface area contributed by atoms with Gasteiger partial charge in [-0.05, 0) is 39.0 Å². The van der Waals surface area contributed by atoms with Crippen LogP contribution in [0.15, 0.2) is 18.2 Å². The first-order valence-electron chi connectivity index (χ1n) is 6.38. The van der Waals surface area contributed by atoms with Crippen molar-refractivity contribution < 1.29 is 13.7 Å². The zero-order valence-corrected chi connectivity index (χ0v) is 13.7. The minimum atomic E-state index is -0.974. The quantitative estimate of drug-likeness (QED) is 0.877. The molecule has 0 aliphatic carbocycles. The molecule has 2 atom stereocenters. The van der Waals surface area contributed by atoms with Gasteiger partial charge in [-0.3, -0.25) is 9.00 Å². The van der Waals surface area contributed by atoms with Crippen molar-refractivity contribution in [3.63, 3.8) is 0 Å². The van der Waals surface area contributed by atoms with Gasteiger partial charge in [0, 0.05) is 33.9 Å². The van der Waals surface area contributed by atoms with Crippen molar-refractivity contribution in [2.75, 3.05) is 12.8 Å². The average Bonchev–Trinajstić information content (AvgIpc) is 2.36. The van der Waals surface area contributed by atoms with Gasteiger partial charge in [0.1, 0.15) is 5.75 Å². The van der Waals surface area contributed by atoms with E-state index < -0.39 is 10.8 Å². The fourth-order valence-corrected chi connectivity index (χ4v) is 1.98. The molecular weight excluding hydrogens is 298 g/mol. The Bertz CT molecular complexity index is 505. The van der Waals surface area contributed by atoms with Gasteiger partial charge in [0.05, 0.1) is 11.7 Å². The normalized spacial score (nSPS) is 13.9. The summed E-state index contributed by atoms with van der Waals surface area (Å²) in [7, 11) is -0.974. The molecule has 1 N–H and O–H groups in total. The number of halogens is 1. The second kappa shape index (κ2) is 7.64. The van der Waals surface area contributed by atoms with E-state index in [-0.39, 0.29) is 17.3 Å². The van der Waals surface area contributed by atoms with E-state index in [1.807, 2.05) is 20.8 Å². The van der Waals surface area contributed by atoms with Crippen molar-refractivity contribution in [2.24, 2.45) is 0 Å². The van der Waals surface area contributed by atoms with Crippen molar-refractivity contribution in [1.29, 1.82) is 0 Å². The Morgan fingerprint density at radius 3 is 2.60 bits per heavy atom. The maximum absolute atomic E-state index is 12.2. The van der Waals surface area contributed by atoms with E-state index in [2.05, 4.69) is 5.32 Å². The Kier molecular flexibility index (Phi) is 6.49. The first kappa shape index (κ1) is 17.0. The van der Waals surface area contributed by atoms with Gasteiger partial charge in [0.2, 0.25) is 0 Å². The lowest BCUT2D eigenvalue weighted by molar-refractivity contribution is 0.0948. The molecule has 1 rings (SSSR count). The Hall–Kier alpha value is -1.07. The minimum absolute atomic E-state index is 0.0372. The number of rotatable bonds is 6. The van der Waals surface area contributed by atoms with E-state index in [1.165, 1.54) is 0 Å². The highest BCUT2D eigenvalue weighted by Crippen LogP contribution is 2.23. The predicted octanol–water partition coefficient (Wildman–Crippen LogP) is 2.62. The number of ether oxygens (including phenoxy) is 1. The van der Waals surface area contributed by atoms with Crippen LogP contribution >= 0.6 is 11.6 Å². The fourth-order valence-electron chi connectivity index (χ4n) is 1.49. The third-order valence-electron chi connectivity index (χ3n) is 2.67. The van der Waals surface area contributed by atoms with Crippen LogP contribution in [0.25, 0.3) is 0 Å². The summed E-state index contributed by atoms with van der Waals surface area (Å²) in [4.78, 5) is 12.2. The molecule has 0 fully saturated rings. The molecule has 1 aromatic carbocycles. The Morgan fingerprint density at radius 1 is 1.40 bits per heavy atom. The first-order valence-corrected chi connectivity index (χ1v) is 8.37. The minimum Gasteiger partial charge on any atom is -0.490 e. The third kappa shape index (κ3) is 5.13. The largest absolute Gasteiger partial charge is 0.490 e. The Morgan fingerprint density at radius 2 is 2.05 bits per heavy atom. The summed E-state index contributed by atoms with van der Waals surface area (Å²) < 4.78 is 16.9. The summed E-state index contributed by atoms with van der Waals surface area (Å²) in [6.07, 6.45) is 1.58. The van der Waals surface area contributed by atoms with Crippen molar-refractivity contribution in [1.82, 2.24) is 5.32 Å². The van der Waals surface area contributed by atoms with Crippen LogP contribution in [-0.2, 0) is 10.8 Å². The topological polar surface area (TPSA) is 55.4 Å². The second-order valence-corrected chi connectivity index (χ2v) is 7.06. The number of amides is 1. The van der Waals surface area contributed by atoms with Gasteiger partial charge in [-0.25, -0.2) is 0 Å². The lowest BCUT2D eigenvalue weighted by Crippen LogP contribution is -2.33. The lowest BCUT2D eigenvalue weighted by Gasteiger charge is -2.15. The summed E-state index contributed by atoms with van der Waals surface area (Å²) in [6.45, 7) is 5.94. The van der Waals surface area contributed by atoms with E-state index in [1.54, 1.807) is 24.5 Å². The van der Waals surface area contributed by atoms with Crippen LogP contribution in [0.2, 0.25) is 5.02 Å². The van der Waals surface area contributed by atoms with E-state index in [0.717, 1.165) is 0 Å². The van der Waals surface area contributed by atoms with Crippen LogP contribution in [-0.4, -0.2) is 34.3 Å². The van der Waals surface area contributed by atoms with Gasteiger partial charge in [-0.1, -0.05) is 11.6 Å². The summed E-state index contributed by atoms with van der Waals surface area (Å²) >= 11 is 5.93. The third-order valence-corrected chi connectivity index (χ3v) is 4.20. The summed E-state index contributed by atoms with van der Waals surface area (Å²) in [5.74, 6) is 0.215. The molecule has 0 radical (unpaired) electrons. The molecule has 0 saturated heterocycles. The molecule has 4 nitrogen and oxygen atoms in total. The van der Waals surface area contributed by atoms with E-state index in [4.69, 9.17) is 16.3 Å². The second-order valence-electron chi connectivity index (χ2n) is 4.83. The first-order chi connectivity index (χ1) is 9.31. The molecule has 20 heavy (non-hydrogen) atoms. The molecule has 0 spiro atoms. The lowest BCUT2D eigenvalue weighted by atomic mass is 10.2. The van der Waals surface area contributed by atoms with Crippen molar-refractivity contribution in [2.45, 2.75) is 32.1 Å². The standard InChI is InChI=1S/C14H20ClNO3S/c1-9(2)19-13-6-5-11(15)7-12(13)14(17)16-8-10(3)20(4)18/h5-7,9-10H,8H2,1-4H3,(H,16,17)/t10-,20-/m0/s1. The van der Waals surface area contributed by atoms with Gasteiger partial charge < -0.3 is 10.1 Å². The maximum atomic E-state index is 12.2. The SMILES string of the molecule is CC(C)Oc1ccc(Cl)cc1C(=O)NC[C@H](C)[S@](C)=O. The number of hydrogen-bond donors (Lipinski definition) is 1. The monoisotopic (exact) mass is 317 g/mol. The van der Waals surface area contributed by atoms with Crippen LogP contribution in [0.1, 0.15) is 31.1 Å². The highest BCUT2D eigenvalue weighted by atomic mass is 35.5. The molecule has 1 amide bonds. The molecule has 0 saturated carbocycles. The number of carbonyl (C=O) groups is 1.